The molecule has 1 aliphatic rings. The fourth-order valence-electron chi connectivity index (χ4n) is 2.50. The van der Waals surface area contributed by atoms with E-state index in [0.29, 0.717) is 18.9 Å². The number of nitrogens with one attached hydrogen (secondary N) is 1. The summed E-state index contributed by atoms with van der Waals surface area (Å²) in [6.45, 7) is 4.78. The van der Waals surface area contributed by atoms with Crippen LogP contribution in [-0.4, -0.2) is 18.0 Å². The number of carbonyl (C=O) groups is 1. The lowest BCUT2D eigenvalue weighted by atomic mass is 9.86. The van der Waals surface area contributed by atoms with Crippen molar-refractivity contribution in [1.82, 2.24) is 5.32 Å². The molecule has 0 radical (unpaired) electrons. The van der Waals surface area contributed by atoms with Gasteiger partial charge in [-0.15, -0.1) is 0 Å². The molecule has 1 rings (SSSR count). The Morgan fingerprint density at radius 3 is 2.35 bits per heavy atom. The van der Waals surface area contributed by atoms with Crippen molar-refractivity contribution in [1.29, 1.82) is 0 Å². The number of hydrogen-bond acceptors (Lipinski definition) is 2. The normalized spacial score (nSPS) is 18.1. The summed E-state index contributed by atoms with van der Waals surface area (Å²) in [6, 6.07) is 0. The van der Waals surface area contributed by atoms with Crippen LogP contribution >= 0.6 is 0 Å². The Morgan fingerprint density at radius 1 is 1.24 bits per heavy atom. The molecule has 0 atom stereocenters. The Bertz CT molecular complexity index is 230. The van der Waals surface area contributed by atoms with Gasteiger partial charge in [-0.3, -0.25) is 4.79 Å². The highest BCUT2D eigenvalue weighted by molar-refractivity contribution is 5.76. The second kappa shape index (κ2) is 7.00. The zero-order chi connectivity index (χ0) is 12.7. The molecule has 1 saturated carbocycles. The largest absolute Gasteiger partial charge is 0.354 e. The molecule has 100 valence electrons. The van der Waals surface area contributed by atoms with Crippen molar-refractivity contribution in [3.8, 4) is 0 Å². The number of rotatable bonds is 6. The van der Waals surface area contributed by atoms with E-state index in [9.17, 15) is 4.79 Å². The molecule has 0 aromatic carbocycles. The van der Waals surface area contributed by atoms with Crippen LogP contribution in [0.3, 0.4) is 0 Å². The lowest BCUT2D eigenvalue weighted by molar-refractivity contribution is -0.122. The van der Waals surface area contributed by atoms with Crippen molar-refractivity contribution in [3.05, 3.63) is 0 Å². The van der Waals surface area contributed by atoms with Gasteiger partial charge in [-0.2, -0.15) is 0 Å². The maximum absolute atomic E-state index is 11.8. The first-order chi connectivity index (χ1) is 8.09. The highest BCUT2D eigenvalue weighted by atomic mass is 16.1. The van der Waals surface area contributed by atoms with Crippen LogP contribution < -0.4 is 11.1 Å². The minimum atomic E-state index is -0.220. The summed E-state index contributed by atoms with van der Waals surface area (Å²) in [5.74, 6) is 0.799. The van der Waals surface area contributed by atoms with E-state index in [1.807, 2.05) is 0 Å². The summed E-state index contributed by atoms with van der Waals surface area (Å²) in [7, 11) is 0. The van der Waals surface area contributed by atoms with Gasteiger partial charge in [-0.05, 0) is 31.6 Å². The van der Waals surface area contributed by atoms with Crippen molar-refractivity contribution in [3.63, 3.8) is 0 Å². The van der Waals surface area contributed by atoms with Crippen molar-refractivity contribution >= 4 is 5.91 Å². The predicted molar refractivity (Wildman–Crippen MR) is 71.7 cm³/mol. The topological polar surface area (TPSA) is 55.1 Å². The van der Waals surface area contributed by atoms with Crippen LogP contribution in [0, 0.1) is 5.92 Å². The molecule has 0 aliphatic heterocycles. The number of amides is 1. The molecule has 3 heteroatoms. The van der Waals surface area contributed by atoms with Gasteiger partial charge in [-0.1, -0.05) is 33.1 Å². The zero-order valence-electron chi connectivity index (χ0n) is 11.4. The molecule has 3 N–H and O–H groups in total. The summed E-state index contributed by atoms with van der Waals surface area (Å²) >= 11 is 0. The lowest BCUT2D eigenvalue weighted by Gasteiger charge is -2.27. The van der Waals surface area contributed by atoms with E-state index < -0.39 is 0 Å². The van der Waals surface area contributed by atoms with Gasteiger partial charge in [-0.25, -0.2) is 0 Å². The second-order valence-corrected chi connectivity index (χ2v) is 5.55. The van der Waals surface area contributed by atoms with Gasteiger partial charge in [0, 0.05) is 18.5 Å². The van der Waals surface area contributed by atoms with Crippen molar-refractivity contribution in [2.24, 2.45) is 11.7 Å². The SMILES string of the molecule is CCC(N)(CC)CNC(=O)CC1CCCCC1. The third-order valence-corrected chi connectivity index (χ3v) is 4.24. The number of nitrogens with two attached hydrogens (primary N) is 1. The van der Waals surface area contributed by atoms with E-state index >= 15 is 0 Å². The Morgan fingerprint density at radius 2 is 1.82 bits per heavy atom. The van der Waals surface area contributed by atoms with E-state index in [1.165, 1.54) is 32.1 Å². The zero-order valence-corrected chi connectivity index (χ0v) is 11.4. The molecule has 1 aliphatic carbocycles. The van der Waals surface area contributed by atoms with E-state index in [-0.39, 0.29) is 11.4 Å². The van der Waals surface area contributed by atoms with Crippen LogP contribution in [0.15, 0.2) is 0 Å². The van der Waals surface area contributed by atoms with Gasteiger partial charge in [0.05, 0.1) is 0 Å². The molecule has 0 spiro atoms. The van der Waals surface area contributed by atoms with Crippen molar-refractivity contribution in [2.45, 2.75) is 70.8 Å². The molecular weight excluding hydrogens is 212 g/mol. The maximum atomic E-state index is 11.8. The first-order valence-corrected chi connectivity index (χ1v) is 7.15. The van der Waals surface area contributed by atoms with Crippen molar-refractivity contribution < 1.29 is 4.79 Å². The fraction of sp³-hybridized carbons (Fsp3) is 0.929. The number of carbonyl (C=O) groups excluding carboxylic acids is 1. The maximum Gasteiger partial charge on any atom is 0.220 e. The lowest BCUT2D eigenvalue weighted by Crippen LogP contribution is -2.49. The van der Waals surface area contributed by atoms with E-state index in [4.69, 9.17) is 5.73 Å². The van der Waals surface area contributed by atoms with Gasteiger partial charge in [0.25, 0.3) is 0 Å². The monoisotopic (exact) mass is 240 g/mol. The fourth-order valence-corrected chi connectivity index (χ4v) is 2.50. The van der Waals surface area contributed by atoms with Crippen LogP contribution in [0.5, 0.6) is 0 Å². The van der Waals surface area contributed by atoms with Crippen LogP contribution in [0.4, 0.5) is 0 Å². The molecule has 1 fully saturated rings. The van der Waals surface area contributed by atoms with Crippen LogP contribution in [0.25, 0.3) is 0 Å². The Kier molecular flexibility index (Phi) is 5.96. The van der Waals surface area contributed by atoms with Gasteiger partial charge >= 0.3 is 0 Å². The Hall–Kier alpha value is -0.570. The minimum absolute atomic E-state index is 0.189. The highest BCUT2D eigenvalue weighted by Gasteiger charge is 2.22. The molecule has 0 aromatic heterocycles. The average molecular weight is 240 g/mol. The Labute approximate surface area is 106 Å². The third kappa shape index (κ3) is 5.07. The first kappa shape index (κ1) is 14.5. The summed E-state index contributed by atoms with van der Waals surface area (Å²) in [5.41, 5.74) is 5.94. The summed E-state index contributed by atoms with van der Waals surface area (Å²) in [4.78, 5) is 11.8. The molecule has 3 nitrogen and oxygen atoms in total. The molecule has 0 heterocycles. The third-order valence-electron chi connectivity index (χ3n) is 4.24. The van der Waals surface area contributed by atoms with Crippen LogP contribution in [0.1, 0.15) is 65.2 Å². The van der Waals surface area contributed by atoms with E-state index in [1.54, 1.807) is 0 Å². The molecule has 0 unspecified atom stereocenters. The second-order valence-electron chi connectivity index (χ2n) is 5.55. The van der Waals surface area contributed by atoms with E-state index in [0.717, 1.165) is 12.8 Å². The van der Waals surface area contributed by atoms with Gasteiger partial charge in [0.15, 0.2) is 0 Å². The van der Waals surface area contributed by atoms with Crippen LogP contribution in [0.2, 0.25) is 0 Å². The molecule has 0 aromatic rings. The first-order valence-electron chi connectivity index (χ1n) is 7.15. The highest BCUT2D eigenvalue weighted by Crippen LogP contribution is 2.26. The van der Waals surface area contributed by atoms with E-state index in [2.05, 4.69) is 19.2 Å². The van der Waals surface area contributed by atoms with Crippen LogP contribution in [-0.2, 0) is 4.79 Å². The average Bonchev–Trinajstić information content (AvgIpc) is 2.37. The quantitative estimate of drug-likeness (QED) is 0.750. The molecule has 1 amide bonds. The predicted octanol–water partition coefficient (Wildman–Crippen LogP) is 2.59. The van der Waals surface area contributed by atoms with Gasteiger partial charge in [0.1, 0.15) is 0 Å². The summed E-state index contributed by atoms with van der Waals surface area (Å²) in [6.07, 6.45) is 8.90. The molecular formula is C14H28N2O. The van der Waals surface area contributed by atoms with Gasteiger partial charge < -0.3 is 11.1 Å². The minimum Gasteiger partial charge on any atom is -0.354 e. The van der Waals surface area contributed by atoms with Crippen molar-refractivity contribution in [2.75, 3.05) is 6.54 Å². The molecule has 17 heavy (non-hydrogen) atoms. The number of hydrogen-bond donors (Lipinski definition) is 2. The van der Waals surface area contributed by atoms with Gasteiger partial charge in [0.2, 0.25) is 5.91 Å². The Balaban J connectivity index is 2.24. The summed E-state index contributed by atoms with van der Waals surface area (Å²) < 4.78 is 0. The summed E-state index contributed by atoms with van der Waals surface area (Å²) in [5, 5.41) is 3.01. The molecule has 0 saturated heterocycles. The standard InChI is InChI=1S/C14H28N2O/c1-3-14(15,4-2)11-16-13(17)10-12-8-6-5-7-9-12/h12H,3-11,15H2,1-2H3,(H,16,17). The molecule has 0 bridgehead atoms. The smallest absolute Gasteiger partial charge is 0.220 e.